The molecule has 0 bridgehead atoms. The highest BCUT2D eigenvalue weighted by atomic mass is 32.1. The molecular weight excluding hydrogens is 431 g/mol. The molecule has 0 saturated heterocycles. The van der Waals surface area contributed by atoms with E-state index < -0.39 is 5.97 Å². The molecule has 0 aliphatic rings. The molecule has 0 aliphatic carbocycles. The minimum atomic E-state index is -0.585. The number of halogens is 1. The summed E-state index contributed by atoms with van der Waals surface area (Å²) in [5.74, 6) is -1.13. The molecule has 0 radical (unpaired) electrons. The first-order chi connectivity index (χ1) is 15.5. The number of rotatable bonds is 7. The Morgan fingerprint density at radius 3 is 2.62 bits per heavy atom. The summed E-state index contributed by atoms with van der Waals surface area (Å²) in [6.45, 7) is 1.94. The van der Waals surface area contributed by atoms with Gasteiger partial charge in [-0.1, -0.05) is 17.7 Å². The van der Waals surface area contributed by atoms with Crippen LogP contribution >= 0.6 is 11.3 Å². The summed E-state index contributed by atoms with van der Waals surface area (Å²) in [5, 5.41) is 5.20. The number of benzene rings is 2. The second-order valence-electron chi connectivity index (χ2n) is 7.02. The van der Waals surface area contributed by atoms with E-state index in [0.29, 0.717) is 16.4 Å². The normalized spacial score (nSPS) is 10.7. The van der Waals surface area contributed by atoms with Gasteiger partial charge in [0, 0.05) is 16.8 Å². The maximum atomic E-state index is 13.2. The molecule has 9 heteroatoms. The lowest BCUT2D eigenvalue weighted by atomic mass is 10.2. The second-order valence-corrected chi connectivity index (χ2v) is 7.97. The Hall–Kier alpha value is -3.85. The number of aryl methyl sites for hydroxylation is 1. The van der Waals surface area contributed by atoms with Gasteiger partial charge in [0.05, 0.1) is 24.6 Å². The largest absolute Gasteiger partial charge is 0.454 e. The van der Waals surface area contributed by atoms with E-state index >= 15 is 0 Å². The number of nitrogens with zero attached hydrogens (tertiary/aromatic N) is 3. The van der Waals surface area contributed by atoms with Crippen molar-refractivity contribution in [2.24, 2.45) is 0 Å². The summed E-state index contributed by atoms with van der Waals surface area (Å²) in [6.07, 6.45) is 2.97. The molecule has 0 atom stereocenters. The molecule has 4 aromatic rings. The van der Waals surface area contributed by atoms with Crippen molar-refractivity contribution in [3.8, 4) is 5.69 Å². The molecule has 0 spiro atoms. The van der Waals surface area contributed by atoms with Crippen LogP contribution in [0.25, 0.3) is 5.69 Å². The summed E-state index contributed by atoms with van der Waals surface area (Å²) in [4.78, 5) is 33.1. The van der Waals surface area contributed by atoms with Gasteiger partial charge in [-0.05, 0) is 43.3 Å². The highest BCUT2D eigenvalue weighted by Gasteiger charge is 2.16. The minimum Gasteiger partial charge on any atom is -0.454 e. The average molecular weight is 450 g/mol. The van der Waals surface area contributed by atoms with Crippen LogP contribution in [0.2, 0.25) is 0 Å². The van der Waals surface area contributed by atoms with Gasteiger partial charge in [0.1, 0.15) is 17.4 Å². The zero-order chi connectivity index (χ0) is 22.5. The van der Waals surface area contributed by atoms with Crippen molar-refractivity contribution in [3.63, 3.8) is 0 Å². The molecule has 7 nitrogen and oxygen atoms in total. The van der Waals surface area contributed by atoms with Crippen molar-refractivity contribution in [2.75, 3.05) is 5.32 Å². The van der Waals surface area contributed by atoms with Gasteiger partial charge < -0.3 is 10.1 Å². The third kappa shape index (κ3) is 5.25. The number of ether oxygens (including phenoxy) is 1. The summed E-state index contributed by atoms with van der Waals surface area (Å²) >= 11 is 1.33. The number of hydrogen-bond donors (Lipinski definition) is 1. The third-order valence-electron chi connectivity index (χ3n) is 4.55. The molecule has 162 valence electrons. The lowest BCUT2D eigenvalue weighted by Gasteiger charge is -2.07. The second kappa shape index (κ2) is 9.52. The van der Waals surface area contributed by atoms with Crippen molar-refractivity contribution in [2.45, 2.75) is 20.0 Å². The van der Waals surface area contributed by atoms with Crippen LogP contribution in [0.4, 0.5) is 10.1 Å². The van der Waals surface area contributed by atoms with Crippen molar-refractivity contribution in [1.82, 2.24) is 14.5 Å². The summed E-state index contributed by atoms with van der Waals surface area (Å²) in [6, 6.07) is 13.2. The van der Waals surface area contributed by atoms with Crippen LogP contribution < -0.4 is 5.32 Å². The molecule has 0 fully saturated rings. The molecule has 1 N–H and O–H groups in total. The standard InChI is InChI=1S/C23H19FN4O3S/c1-15-2-6-17(7-3-15)26-21(29)10-22-27-18(13-32-22)12-31-23(30)20-11-25-14-28(20)19-8-4-16(24)5-9-19/h2-9,11,13-14H,10,12H2,1H3,(H,26,29). The number of aromatic nitrogens is 3. The molecular formula is C23H19FN4O3S. The SMILES string of the molecule is Cc1ccc(NC(=O)Cc2nc(COC(=O)c3cncn3-c3ccc(F)cc3)cs2)cc1. The van der Waals surface area contributed by atoms with E-state index in [4.69, 9.17) is 4.74 Å². The van der Waals surface area contributed by atoms with E-state index in [1.54, 1.807) is 17.5 Å². The van der Waals surface area contributed by atoms with Gasteiger partial charge in [-0.15, -0.1) is 11.3 Å². The summed E-state index contributed by atoms with van der Waals surface area (Å²) in [7, 11) is 0. The van der Waals surface area contributed by atoms with Crippen LogP contribution in [0.15, 0.2) is 66.4 Å². The smallest absolute Gasteiger partial charge is 0.357 e. The van der Waals surface area contributed by atoms with Gasteiger partial charge in [-0.2, -0.15) is 0 Å². The molecule has 2 aromatic heterocycles. The number of hydrogen-bond acceptors (Lipinski definition) is 6. The Morgan fingerprint density at radius 2 is 1.88 bits per heavy atom. The Kier molecular flexibility index (Phi) is 6.37. The number of nitrogens with one attached hydrogen (secondary N) is 1. The van der Waals surface area contributed by atoms with E-state index in [1.807, 2.05) is 31.2 Å². The molecule has 0 saturated carbocycles. The molecule has 2 aromatic carbocycles. The Labute approximate surface area is 187 Å². The van der Waals surface area contributed by atoms with Gasteiger partial charge in [0.15, 0.2) is 5.69 Å². The number of esters is 1. The fraction of sp³-hybridized carbons (Fsp3) is 0.130. The number of anilines is 1. The molecule has 2 heterocycles. The molecule has 32 heavy (non-hydrogen) atoms. The molecule has 0 aliphatic heterocycles. The van der Waals surface area contributed by atoms with Crippen LogP contribution in [0.3, 0.4) is 0 Å². The fourth-order valence-electron chi connectivity index (χ4n) is 2.94. The first-order valence-corrected chi connectivity index (χ1v) is 10.6. The lowest BCUT2D eigenvalue weighted by molar-refractivity contribution is -0.115. The number of carbonyl (C=O) groups is 2. The monoisotopic (exact) mass is 450 g/mol. The number of carbonyl (C=O) groups excluding carboxylic acids is 2. The minimum absolute atomic E-state index is 0.0382. The van der Waals surface area contributed by atoms with Gasteiger partial charge >= 0.3 is 5.97 Å². The van der Waals surface area contributed by atoms with Gasteiger partial charge in [-0.3, -0.25) is 9.36 Å². The molecule has 0 unspecified atom stereocenters. The first kappa shape index (κ1) is 21.4. The fourth-order valence-corrected chi connectivity index (χ4v) is 3.72. The van der Waals surface area contributed by atoms with Crippen molar-refractivity contribution in [3.05, 3.63) is 94.2 Å². The number of imidazole rings is 1. The third-order valence-corrected chi connectivity index (χ3v) is 5.45. The molecule has 4 rings (SSSR count). The van der Waals surface area contributed by atoms with E-state index in [1.165, 1.54) is 40.6 Å². The maximum absolute atomic E-state index is 13.2. The van der Waals surface area contributed by atoms with Crippen LogP contribution in [0, 0.1) is 12.7 Å². The average Bonchev–Trinajstić information content (AvgIpc) is 3.44. The van der Waals surface area contributed by atoms with Crippen LogP contribution in [0.1, 0.15) is 26.8 Å². The Bertz CT molecular complexity index is 1230. The summed E-state index contributed by atoms with van der Waals surface area (Å²) < 4.78 is 20.0. The topological polar surface area (TPSA) is 86.1 Å². The maximum Gasteiger partial charge on any atom is 0.357 e. The van der Waals surface area contributed by atoms with E-state index in [-0.39, 0.29) is 30.4 Å². The van der Waals surface area contributed by atoms with Gasteiger partial charge in [0.2, 0.25) is 5.91 Å². The van der Waals surface area contributed by atoms with Crippen molar-refractivity contribution < 1.29 is 18.7 Å². The number of thiazole rings is 1. The first-order valence-electron chi connectivity index (χ1n) is 9.73. The van der Waals surface area contributed by atoms with Crippen LogP contribution in [-0.4, -0.2) is 26.4 Å². The predicted octanol–water partition coefficient (Wildman–Crippen LogP) is 4.31. The van der Waals surface area contributed by atoms with E-state index in [0.717, 1.165) is 11.3 Å². The number of amides is 1. The Balaban J connectivity index is 1.33. The Morgan fingerprint density at radius 1 is 1.12 bits per heavy atom. The van der Waals surface area contributed by atoms with Crippen LogP contribution in [-0.2, 0) is 22.6 Å². The highest BCUT2D eigenvalue weighted by molar-refractivity contribution is 7.09. The van der Waals surface area contributed by atoms with Crippen molar-refractivity contribution >= 4 is 28.9 Å². The van der Waals surface area contributed by atoms with Crippen LogP contribution in [0.5, 0.6) is 0 Å². The lowest BCUT2D eigenvalue weighted by Crippen LogP contribution is -2.14. The summed E-state index contributed by atoms with van der Waals surface area (Å²) in [5.41, 5.74) is 3.19. The van der Waals surface area contributed by atoms with Gasteiger partial charge in [-0.25, -0.2) is 19.2 Å². The zero-order valence-electron chi connectivity index (χ0n) is 17.1. The zero-order valence-corrected chi connectivity index (χ0v) is 17.9. The molecule has 1 amide bonds. The predicted molar refractivity (Wildman–Crippen MR) is 118 cm³/mol. The highest BCUT2D eigenvalue weighted by Crippen LogP contribution is 2.16. The van der Waals surface area contributed by atoms with Gasteiger partial charge in [0.25, 0.3) is 0 Å². The van der Waals surface area contributed by atoms with Crippen molar-refractivity contribution in [1.29, 1.82) is 0 Å². The van der Waals surface area contributed by atoms with E-state index in [9.17, 15) is 14.0 Å². The quantitative estimate of drug-likeness (QED) is 0.424. The van der Waals surface area contributed by atoms with E-state index in [2.05, 4.69) is 15.3 Å².